The molecule has 2 heterocycles. The van der Waals surface area contributed by atoms with Gasteiger partial charge in [-0.05, 0) is 45.4 Å². The largest absolute Gasteiger partial charge is 0.483 e. The summed E-state index contributed by atoms with van der Waals surface area (Å²) >= 11 is 1.25. The number of carbonyl (C=O) groups is 2. The second kappa shape index (κ2) is 9.95. The third kappa shape index (κ3) is 4.83. The zero-order valence-corrected chi connectivity index (χ0v) is 19.3. The number of thioether (sulfide) groups is 1. The topological polar surface area (TPSA) is 89.9 Å². The van der Waals surface area contributed by atoms with E-state index in [0.717, 1.165) is 0 Å². The zero-order valence-electron chi connectivity index (χ0n) is 18.4. The number of nitrogens with zero attached hydrogens (tertiary/aromatic N) is 3. The van der Waals surface area contributed by atoms with Crippen LogP contribution in [-0.2, 0) is 13.2 Å². The maximum atomic E-state index is 13.8. The second-order valence-electron chi connectivity index (χ2n) is 7.32. The average molecular weight is 457 g/mol. The lowest BCUT2D eigenvalue weighted by atomic mass is 10.0. The van der Waals surface area contributed by atoms with E-state index in [0.29, 0.717) is 40.0 Å². The van der Waals surface area contributed by atoms with Crippen LogP contribution in [0.1, 0.15) is 51.8 Å². The standard InChI is InChI=1S/C23H25FN4O3S/c1-6-11-28-19(12-31-18-10-8-7-9-17(18)24)26-27-23(28)32-16(5)22(30)21-13(2)20(15(4)29)14(3)25-21/h6-10,16,25H,1,11-12H2,2-5H3. The first-order chi connectivity index (χ1) is 15.2. The van der Waals surface area contributed by atoms with E-state index < -0.39 is 11.1 Å². The van der Waals surface area contributed by atoms with E-state index >= 15 is 0 Å². The van der Waals surface area contributed by atoms with Crippen molar-refractivity contribution in [2.24, 2.45) is 0 Å². The van der Waals surface area contributed by atoms with Crippen molar-refractivity contribution >= 4 is 23.3 Å². The Morgan fingerprint density at radius 1 is 1.31 bits per heavy atom. The zero-order chi connectivity index (χ0) is 23.4. The van der Waals surface area contributed by atoms with E-state index in [9.17, 15) is 14.0 Å². The summed E-state index contributed by atoms with van der Waals surface area (Å²) in [5.41, 5.74) is 2.30. The SMILES string of the molecule is C=CCn1c(COc2ccccc2F)nnc1SC(C)C(=O)c1[nH]c(C)c(C(C)=O)c1C. The number of aromatic nitrogens is 4. The second-order valence-corrected chi connectivity index (χ2v) is 8.63. The van der Waals surface area contributed by atoms with Gasteiger partial charge >= 0.3 is 0 Å². The number of Topliss-reactive ketones (excluding diaryl/α,β-unsaturated/α-hetero) is 2. The summed E-state index contributed by atoms with van der Waals surface area (Å²) < 4.78 is 21.2. The van der Waals surface area contributed by atoms with Crippen molar-refractivity contribution in [2.75, 3.05) is 0 Å². The summed E-state index contributed by atoms with van der Waals surface area (Å²) in [6.07, 6.45) is 1.68. The fourth-order valence-electron chi connectivity index (χ4n) is 3.47. The van der Waals surface area contributed by atoms with Gasteiger partial charge in [0.15, 0.2) is 34.1 Å². The van der Waals surface area contributed by atoms with Gasteiger partial charge in [0.05, 0.1) is 10.9 Å². The minimum Gasteiger partial charge on any atom is -0.483 e. The number of aromatic amines is 1. The number of H-pyrrole nitrogens is 1. The summed E-state index contributed by atoms with van der Waals surface area (Å²) in [6.45, 7) is 11.0. The minimum absolute atomic E-state index is 0.0154. The van der Waals surface area contributed by atoms with Crippen LogP contribution >= 0.6 is 11.8 Å². The van der Waals surface area contributed by atoms with Gasteiger partial charge in [-0.25, -0.2) is 4.39 Å². The molecule has 3 aromatic rings. The highest BCUT2D eigenvalue weighted by atomic mass is 32.2. The number of hydrogen-bond donors (Lipinski definition) is 1. The Bertz CT molecular complexity index is 1170. The van der Waals surface area contributed by atoms with Crippen molar-refractivity contribution in [1.82, 2.24) is 19.7 Å². The number of hydrogen-bond acceptors (Lipinski definition) is 6. The van der Waals surface area contributed by atoms with E-state index in [1.807, 2.05) is 0 Å². The van der Waals surface area contributed by atoms with Gasteiger partial charge in [-0.15, -0.1) is 16.8 Å². The molecule has 0 saturated heterocycles. The van der Waals surface area contributed by atoms with Crippen molar-refractivity contribution in [3.63, 3.8) is 0 Å². The molecule has 9 heteroatoms. The normalized spacial score (nSPS) is 11.9. The number of halogens is 1. The lowest BCUT2D eigenvalue weighted by Gasteiger charge is -2.12. The molecule has 0 amide bonds. The first-order valence-electron chi connectivity index (χ1n) is 10.1. The third-order valence-electron chi connectivity index (χ3n) is 4.99. The molecule has 32 heavy (non-hydrogen) atoms. The van der Waals surface area contributed by atoms with Crippen molar-refractivity contribution in [3.05, 3.63) is 71.1 Å². The number of allylic oxidation sites excluding steroid dienone is 1. The van der Waals surface area contributed by atoms with Crippen LogP contribution in [0.15, 0.2) is 42.1 Å². The van der Waals surface area contributed by atoms with Crippen molar-refractivity contribution < 1.29 is 18.7 Å². The lowest BCUT2D eigenvalue weighted by molar-refractivity contribution is 0.0988. The minimum atomic E-state index is -0.486. The summed E-state index contributed by atoms with van der Waals surface area (Å²) in [6, 6.07) is 6.13. The Morgan fingerprint density at radius 3 is 2.66 bits per heavy atom. The van der Waals surface area contributed by atoms with Crippen molar-refractivity contribution in [2.45, 2.75) is 51.3 Å². The molecular formula is C23H25FN4O3S. The van der Waals surface area contributed by atoms with Crippen LogP contribution in [0.2, 0.25) is 0 Å². The molecule has 0 aliphatic rings. The van der Waals surface area contributed by atoms with Crippen LogP contribution in [0, 0.1) is 19.7 Å². The van der Waals surface area contributed by atoms with Crippen LogP contribution in [0.4, 0.5) is 4.39 Å². The predicted octanol–water partition coefficient (Wildman–Crippen LogP) is 4.69. The van der Waals surface area contributed by atoms with E-state index in [-0.39, 0.29) is 23.9 Å². The smallest absolute Gasteiger partial charge is 0.192 e. The number of nitrogens with one attached hydrogen (secondary N) is 1. The highest BCUT2D eigenvalue weighted by Gasteiger charge is 2.26. The highest BCUT2D eigenvalue weighted by molar-refractivity contribution is 8.00. The highest BCUT2D eigenvalue weighted by Crippen LogP contribution is 2.28. The first kappa shape index (κ1) is 23.5. The molecule has 1 unspecified atom stereocenters. The molecule has 1 aromatic carbocycles. The molecule has 0 aliphatic heterocycles. The molecule has 0 saturated carbocycles. The maximum absolute atomic E-state index is 13.8. The molecule has 0 aliphatic carbocycles. The monoisotopic (exact) mass is 456 g/mol. The van der Waals surface area contributed by atoms with Gasteiger partial charge in [-0.3, -0.25) is 14.2 Å². The van der Waals surface area contributed by atoms with Crippen molar-refractivity contribution in [1.29, 1.82) is 0 Å². The van der Waals surface area contributed by atoms with Crippen molar-refractivity contribution in [3.8, 4) is 5.75 Å². The van der Waals surface area contributed by atoms with E-state index in [1.165, 1.54) is 30.8 Å². The van der Waals surface area contributed by atoms with E-state index in [4.69, 9.17) is 4.74 Å². The molecule has 0 fully saturated rings. The molecule has 168 valence electrons. The predicted molar refractivity (Wildman–Crippen MR) is 121 cm³/mol. The molecule has 0 bridgehead atoms. The summed E-state index contributed by atoms with van der Waals surface area (Å²) in [7, 11) is 0. The summed E-state index contributed by atoms with van der Waals surface area (Å²) in [5.74, 6) is -0.0720. The Labute approximate surface area is 190 Å². The lowest BCUT2D eigenvalue weighted by Crippen LogP contribution is -2.17. The van der Waals surface area contributed by atoms with Crippen LogP contribution in [0.3, 0.4) is 0 Å². The molecule has 1 N–H and O–H groups in total. The molecule has 2 aromatic heterocycles. The number of benzene rings is 1. The van der Waals surface area contributed by atoms with Gasteiger partial charge < -0.3 is 9.72 Å². The van der Waals surface area contributed by atoms with Crippen LogP contribution in [0.25, 0.3) is 0 Å². The molecule has 7 nitrogen and oxygen atoms in total. The Hall–Kier alpha value is -3.20. The Kier molecular flexibility index (Phi) is 7.29. The molecule has 1 atom stereocenters. The summed E-state index contributed by atoms with van der Waals surface area (Å²) in [5, 5.41) is 8.39. The third-order valence-corrected chi connectivity index (χ3v) is 6.07. The van der Waals surface area contributed by atoms with E-state index in [2.05, 4.69) is 21.8 Å². The number of ether oxygens (including phenoxy) is 1. The van der Waals surface area contributed by atoms with Gasteiger partial charge in [-0.1, -0.05) is 30.0 Å². The maximum Gasteiger partial charge on any atom is 0.192 e. The number of para-hydroxylation sites is 1. The van der Waals surface area contributed by atoms with Crippen LogP contribution in [-0.4, -0.2) is 36.6 Å². The van der Waals surface area contributed by atoms with Gasteiger partial charge in [0.1, 0.15) is 6.61 Å². The number of aryl methyl sites for hydroxylation is 1. The van der Waals surface area contributed by atoms with Gasteiger partial charge in [0.25, 0.3) is 0 Å². The average Bonchev–Trinajstić information content (AvgIpc) is 3.26. The summed E-state index contributed by atoms with van der Waals surface area (Å²) in [4.78, 5) is 28.0. The molecule has 0 radical (unpaired) electrons. The molecule has 0 spiro atoms. The first-order valence-corrected chi connectivity index (χ1v) is 10.9. The molecule has 3 rings (SSSR count). The Balaban J connectivity index is 1.79. The van der Waals surface area contributed by atoms with Crippen LogP contribution < -0.4 is 4.74 Å². The Morgan fingerprint density at radius 2 is 2.03 bits per heavy atom. The van der Waals surface area contributed by atoms with Gasteiger partial charge in [0, 0.05) is 17.8 Å². The fourth-order valence-corrected chi connectivity index (χ4v) is 4.41. The fraction of sp³-hybridized carbons (Fsp3) is 0.304. The van der Waals surface area contributed by atoms with Crippen LogP contribution in [0.5, 0.6) is 5.75 Å². The van der Waals surface area contributed by atoms with E-state index in [1.54, 1.807) is 43.5 Å². The van der Waals surface area contributed by atoms with Gasteiger partial charge in [0.2, 0.25) is 0 Å². The number of rotatable bonds is 10. The number of carbonyl (C=O) groups excluding carboxylic acids is 2. The van der Waals surface area contributed by atoms with Gasteiger partial charge in [-0.2, -0.15) is 0 Å². The molecular weight excluding hydrogens is 431 g/mol. The number of ketones is 2. The quantitative estimate of drug-likeness (QED) is 0.270.